The van der Waals surface area contributed by atoms with Gasteiger partial charge in [0.15, 0.2) is 9.84 Å². The first-order valence-electron chi connectivity index (χ1n) is 6.26. The van der Waals surface area contributed by atoms with Gasteiger partial charge in [-0.05, 0) is 13.0 Å². The van der Waals surface area contributed by atoms with Crippen molar-refractivity contribution in [2.45, 2.75) is 32.4 Å². The van der Waals surface area contributed by atoms with E-state index in [9.17, 15) is 8.42 Å². The maximum atomic E-state index is 11.9. The van der Waals surface area contributed by atoms with E-state index < -0.39 is 9.84 Å². The number of hydrogen-bond acceptors (Lipinski definition) is 5. The monoisotopic (exact) mass is 264 g/mol. The summed E-state index contributed by atoms with van der Waals surface area (Å²) >= 11 is 0. The maximum absolute atomic E-state index is 11.9. The van der Waals surface area contributed by atoms with Gasteiger partial charge in [-0.3, -0.25) is 4.90 Å². The Bertz CT molecular complexity index is 319. The molecule has 0 aromatic carbocycles. The zero-order valence-corrected chi connectivity index (χ0v) is 11.6. The van der Waals surface area contributed by atoms with Gasteiger partial charge in [-0.2, -0.15) is 0 Å². The van der Waals surface area contributed by atoms with E-state index in [0.717, 1.165) is 13.1 Å². The Morgan fingerprint density at radius 3 is 2.76 bits per heavy atom. The molecule has 0 amide bonds. The Morgan fingerprint density at radius 2 is 2.18 bits per heavy atom. The van der Waals surface area contributed by atoms with Crippen molar-refractivity contribution < 1.29 is 13.2 Å². The molecule has 1 fully saturated rings. The molecule has 0 aromatic heterocycles. The number of likely N-dealkylation sites (N-methyl/N-ethyl adjacent to an activating group) is 1. The fourth-order valence-corrected chi connectivity index (χ4v) is 3.76. The van der Waals surface area contributed by atoms with Crippen LogP contribution in [0.4, 0.5) is 0 Å². The summed E-state index contributed by atoms with van der Waals surface area (Å²) in [7, 11) is -3.10. The van der Waals surface area contributed by atoms with Crippen molar-refractivity contribution in [3.05, 3.63) is 0 Å². The predicted octanol–water partition coefficient (Wildman–Crippen LogP) is -0.141. The minimum Gasteiger partial charge on any atom is -0.374 e. The fraction of sp³-hybridized carbons (Fsp3) is 1.00. The first-order chi connectivity index (χ1) is 7.96. The fourth-order valence-electron chi connectivity index (χ4n) is 1.96. The van der Waals surface area contributed by atoms with Crippen molar-refractivity contribution in [2.24, 2.45) is 5.73 Å². The molecule has 0 spiro atoms. The summed E-state index contributed by atoms with van der Waals surface area (Å²) in [5.74, 6) is 0.159. The smallest absolute Gasteiger partial charge is 0.154 e. The van der Waals surface area contributed by atoms with Gasteiger partial charge in [0.05, 0.1) is 24.2 Å². The molecule has 1 saturated heterocycles. The first kappa shape index (κ1) is 14.9. The van der Waals surface area contributed by atoms with Gasteiger partial charge in [0, 0.05) is 19.1 Å². The maximum Gasteiger partial charge on any atom is 0.154 e. The third kappa shape index (κ3) is 5.33. The van der Waals surface area contributed by atoms with Gasteiger partial charge in [-0.25, -0.2) is 8.42 Å². The van der Waals surface area contributed by atoms with Crippen molar-refractivity contribution in [1.82, 2.24) is 4.90 Å². The molecule has 6 heteroatoms. The zero-order chi connectivity index (χ0) is 12.9. The average molecular weight is 264 g/mol. The summed E-state index contributed by atoms with van der Waals surface area (Å²) in [6, 6.07) is -0.258. The molecule has 0 bridgehead atoms. The lowest BCUT2D eigenvalue weighted by atomic mass is 10.3. The summed E-state index contributed by atoms with van der Waals surface area (Å²) in [4.78, 5) is 2.21. The summed E-state index contributed by atoms with van der Waals surface area (Å²) in [5, 5.41) is 0. The molecular weight excluding hydrogens is 240 g/mol. The number of ether oxygens (including phenoxy) is 1. The van der Waals surface area contributed by atoms with Crippen LogP contribution >= 0.6 is 0 Å². The summed E-state index contributed by atoms with van der Waals surface area (Å²) in [5.41, 5.74) is 5.69. The van der Waals surface area contributed by atoms with Crippen molar-refractivity contribution in [1.29, 1.82) is 0 Å². The summed E-state index contributed by atoms with van der Waals surface area (Å²) in [6.07, 6.45) is 0.490. The molecule has 2 N–H and O–H groups in total. The molecule has 1 heterocycles. The number of nitrogens with two attached hydrogens (primary N) is 1. The molecule has 2 atom stereocenters. The van der Waals surface area contributed by atoms with Crippen molar-refractivity contribution in [3.8, 4) is 0 Å². The molecule has 102 valence electrons. The minimum atomic E-state index is -3.10. The lowest BCUT2D eigenvalue weighted by Crippen LogP contribution is -2.46. The van der Waals surface area contributed by atoms with Gasteiger partial charge in [-0.15, -0.1) is 0 Å². The molecule has 1 rings (SSSR count). The second kappa shape index (κ2) is 6.68. The highest BCUT2D eigenvalue weighted by molar-refractivity contribution is 7.91. The number of sulfone groups is 1. The predicted molar refractivity (Wildman–Crippen MR) is 68.8 cm³/mol. The Labute approximate surface area is 104 Å². The molecule has 1 aliphatic heterocycles. The van der Waals surface area contributed by atoms with E-state index in [1.807, 2.05) is 6.92 Å². The molecular formula is C11H24N2O3S. The van der Waals surface area contributed by atoms with Gasteiger partial charge in [0.25, 0.3) is 0 Å². The van der Waals surface area contributed by atoms with E-state index in [2.05, 4.69) is 11.8 Å². The Hall–Kier alpha value is -0.170. The largest absolute Gasteiger partial charge is 0.374 e. The van der Waals surface area contributed by atoms with Crippen LogP contribution in [0.3, 0.4) is 0 Å². The van der Waals surface area contributed by atoms with Crippen LogP contribution < -0.4 is 5.73 Å². The normalized spacial score (nSPS) is 24.8. The number of rotatable bonds is 6. The van der Waals surface area contributed by atoms with Crippen LogP contribution in [-0.2, 0) is 14.6 Å². The third-order valence-corrected chi connectivity index (χ3v) is 4.92. The van der Waals surface area contributed by atoms with Crippen molar-refractivity contribution >= 4 is 9.84 Å². The van der Waals surface area contributed by atoms with Crippen LogP contribution in [-0.4, -0.2) is 63.2 Å². The SMILES string of the molecule is CCC(N)CS(=O)(=O)CC1CN(CC)CCO1. The van der Waals surface area contributed by atoms with E-state index in [-0.39, 0.29) is 23.7 Å². The van der Waals surface area contributed by atoms with E-state index in [4.69, 9.17) is 10.5 Å². The van der Waals surface area contributed by atoms with Gasteiger partial charge in [0.1, 0.15) is 0 Å². The lowest BCUT2D eigenvalue weighted by molar-refractivity contribution is -0.0145. The van der Waals surface area contributed by atoms with Gasteiger partial charge in [-0.1, -0.05) is 13.8 Å². The molecule has 5 nitrogen and oxygen atoms in total. The molecule has 17 heavy (non-hydrogen) atoms. The number of morpholine rings is 1. The van der Waals surface area contributed by atoms with Crippen LogP contribution in [0.15, 0.2) is 0 Å². The highest BCUT2D eigenvalue weighted by Crippen LogP contribution is 2.09. The zero-order valence-electron chi connectivity index (χ0n) is 10.8. The average Bonchev–Trinajstić information content (AvgIpc) is 2.27. The van der Waals surface area contributed by atoms with Crippen molar-refractivity contribution in [2.75, 3.05) is 37.7 Å². The minimum absolute atomic E-state index is 0.0650. The van der Waals surface area contributed by atoms with Gasteiger partial charge < -0.3 is 10.5 Å². The number of nitrogens with zero attached hydrogens (tertiary/aromatic N) is 1. The molecule has 0 radical (unpaired) electrons. The highest BCUT2D eigenvalue weighted by atomic mass is 32.2. The van der Waals surface area contributed by atoms with Gasteiger partial charge in [0.2, 0.25) is 0 Å². The van der Waals surface area contributed by atoms with Crippen LogP contribution in [0.25, 0.3) is 0 Å². The van der Waals surface area contributed by atoms with Crippen LogP contribution in [0.1, 0.15) is 20.3 Å². The first-order valence-corrected chi connectivity index (χ1v) is 8.09. The summed E-state index contributed by atoms with van der Waals surface area (Å²) in [6.45, 7) is 7.13. The van der Waals surface area contributed by atoms with E-state index in [1.165, 1.54) is 0 Å². The molecule has 0 aromatic rings. The topological polar surface area (TPSA) is 72.6 Å². The summed E-state index contributed by atoms with van der Waals surface area (Å²) < 4.78 is 29.3. The lowest BCUT2D eigenvalue weighted by Gasteiger charge is -2.32. The second-order valence-electron chi connectivity index (χ2n) is 4.63. The number of hydrogen-bond donors (Lipinski definition) is 1. The molecule has 0 saturated carbocycles. The Balaban J connectivity index is 2.46. The van der Waals surface area contributed by atoms with Crippen LogP contribution in [0.2, 0.25) is 0 Å². The molecule has 0 aliphatic carbocycles. The quantitative estimate of drug-likeness (QED) is 0.723. The van der Waals surface area contributed by atoms with Crippen LogP contribution in [0.5, 0.6) is 0 Å². The van der Waals surface area contributed by atoms with E-state index in [0.29, 0.717) is 19.6 Å². The Kier molecular flexibility index (Phi) is 5.85. The molecule has 1 aliphatic rings. The van der Waals surface area contributed by atoms with Crippen LogP contribution in [0, 0.1) is 0 Å². The Morgan fingerprint density at radius 1 is 1.47 bits per heavy atom. The van der Waals surface area contributed by atoms with Gasteiger partial charge >= 0.3 is 0 Å². The third-order valence-electron chi connectivity index (χ3n) is 3.10. The standard InChI is InChI=1S/C11H24N2O3S/c1-3-10(12)8-17(14,15)9-11-7-13(4-2)5-6-16-11/h10-11H,3-9,12H2,1-2H3. The van der Waals surface area contributed by atoms with E-state index >= 15 is 0 Å². The second-order valence-corrected chi connectivity index (χ2v) is 6.79. The van der Waals surface area contributed by atoms with E-state index in [1.54, 1.807) is 0 Å². The van der Waals surface area contributed by atoms with Crippen molar-refractivity contribution in [3.63, 3.8) is 0 Å². The molecule has 2 unspecified atom stereocenters. The highest BCUT2D eigenvalue weighted by Gasteiger charge is 2.26.